The number of aromatic amines is 1. The first-order valence-corrected chi connectivity index (χ1v) is 8.54. The number of H-pyrrole nitrogens is 1. The third-order valence-corrected chi connectivity index (χ3v) is 4.25. The highest BCUT2D eigenvalue weighted by atomic mass is 16.6. The van der Waals surface area contributed by atoms with E-state index in [9.17, 15) is 14.9 Å². The molecular formula is C19H20N6O3. The van der Waals surface area contributed by atoms with Crippen LogP contribution in [0.3, 0.4) is 0 Å². The fourth-order valence-corrected chi connectivity index (χ4v) is 2.71. The molecule has 3 aromatic rings. The first kappa shape index (κ1) is 19.0. The largest absolute Gasteiger partial charge is 0.378 e. The number of aryl methyl sites for hydroxylation is 2. The van der Waals surface area contributed by atoms with Gasteiger partial charge in [-0.25, -0.2) is 4.68 Å². The second-order valence-corrected chi connectivity index (χ2v) is 6.59. The molecule has 0 atom stereocenters. The van der Waals surface area contributed by atoms with Gasteiger partial charge in [0.2, 0.25) is 0 Å². The number of hydrogen-bond donors (Lipinski definition) is 1. The minimum atomic E-state index is -0.518. The maximum absolute atomic E-state index is 12.7. The van der Waals surface area contributed by atoms with Crippen LogP contribution in [0.1, 0.15) is 11.3 Å². The van der Waals surface area contributed by atoms with E-state index in [4.69, 9.17) is 0 Å². The Morgan fingerprint density at radius 2 is 1.75 bits per heavy atom. The Morgan fingerprint density at radius 1 is 1.07 bits per heavy atom. The predicted molar refractivity (Wildman–Crippen MR) is 107 cm³/mol. The average Bonchev–Trinajstić information content (AvgIpc) is 2.94. The lowest BCUT2D eigenvalue weighted by molar-refractivity contribution is -0.384. The fraction of sp³-hybridized carbons (Fsp3) is 0.211. The molecule has 144 valence electrons. The third kappa shape index (κ3) is 3.68. The molecule has 0 aliphatic carbocycles. The smallest absolute Gasteiger partial charge is 0.299 e. The summed E-state index contributed by atoms with van der Waals surface area (Å²) in [6.45, 7) is 3.45. The van der Waals surface area contributed by atoms with Crippen LogP contribution in [0.5, 0.6) is 0 Å². The number of rotatable bonds is 5. The number of nitrogens with one attached hydrogen (secondary N) is 1. The Kier molecular flexibility index (Phi) is 5.08. The molecule has 0 radical (unpaired) electrons. The summed E-state index contributed by atoms with van der Waals surface area (Å²) in [6.07, 6.45) is 0. The van der Waals surface area contributed by atoms with E-state index in [1.807, 2.05) is 43.3 Å². The molecule has 0 bridgehead atoms. The summed E-state index contributed by atoms with van der Waals surface area (Å²) in [5, 5.41) is 22.1. The van der Waals surface area contributed by atoms with Gasteiger partial charge in [0.15, 0.2) is 11.4 Å². The minimum Gasteiger partial charge on any atom is -0.378 e. The molecule has 9 heteroatoms. The lowest BCUT2D eigenvalue weighted by Crippen LogP contribution is -2.14. The lowest BCUT2D eigenvalue weighted by atomic mass is 10.2. The van der Waals surface area contributed by atoms with Crippen LogP contribution in [-0.4, -0.2) is 28.8 Å². The van der Waals surface area contributed by atoms with Crippen molar-refractivity contribution in [2.75, 3.05) is 19.0 Å². The van der Waals surface area contributed by atoms with Crippen LogP contribution < -0.4 is 10.5 Å². The molecule has 0 spiro atoms. The van der Waals surface area contributed by atoms with Crippen molar-refractivity contribution in [3.63, 3.8) is 0 Å². The lowest BCUT2D eigenvalue weighted by Gasteiger charge is -2.12. The Balaban J connectivity index is 1.98. The van der Waals surface area contributed by atoms with E-state index in [1.54, 1.807) is 19.9 Å². The van der Waals surface area contributed by atoms with E-state index in [1.165, 1.54) is 16.8 Å². The van der Waals surface area contributed by atoms with Crippen molar-refractivity contribution in [3.8, 4) is 5.69 Å². The standard InChI is InChI=1S/C19H20N6O3/c1-12-5-10-16(17(11-12)25(27)28)20-21-18-13(2)22-24(19(18)26)15-8-6-14(7-9-15)23(3)4/h5-11,22H,1-4H3. The maximum atomic E-state index is 12.7. The number of hydrogen-bond acceptors (Lipinski definition) is 6. The van der Waals surface area contributed by atoms with Crippen molar-refractivity contribution >= 4 is 22.7 Å². The summed E-state index contributed by atoms with van der Waals surface area (Å²) >= 11 is 0. The first-order chi connectivity index (χ1) is 13.3. The summed E-state index contributed by atoms with van der Waals surface area (Å²) in [6, 6.07) is 12.1. The van der Waals surface area contributed by atoms with Crippen LogP contribution in [-0.2, 0) is 0 Å². The van der Waals surface area contributed by atoms with Crippen LogP contribution in [0.25, 0.3) is 5.69 Å². The number of benzene rings is 2. The van der Waals surface area contributed by atoms with Gasteiger partial charge in [-0.2, -0.15) is 0 Å². The van der Waals surface area contributed by atoms with E-state index in [0.717, 1.165) is 11.3 Å². The molecule has 0 unspecified atom stereocenters. The zero-order chi connectivity index (χ0) is 20.4. The van der Waals surface area contributed by atoms with Crippen LogP contribution in [0.4, 0.5) is 22.7 Å². The molecule has 0 saturated heterocycles. The van der Waals surface area contributed by atoms with Crippen LogP contribution >= 0.6 is 0 Å². The van der Waals surface area contributed by atoms with Crippen molar-refractivity contribution in [2.45, 2.75) is 13.8 Å². The van der Waals surface area contributed by atoms with Crippen LogP contribution in [0.2, 0.25) is 0 Å². The summed E-state index contributed by atoms with van der Waals surface area (Å²) in [7, 11) is 3.87. The van der Waals surface area contributed by atoms with Gasteiger partial charge in [0.25, 0.3) is 11.2 Å². The summed E-state index contributed by atoms with van der Waals surface area (Å²) < 4.78 is 1.37. The first-order valence-electron chi connectivity index (χ1n) is 8.54. The second kappa shape index (κ2) is 7.47. The van der Waals surface area contributed by atoms with Gasteiger partial charge in [-0.05, 0) is 49.7 Å². The quantitative estimate of drug-likeness (QED) is 0.407. The zero-order valence-corrected chi connectivity index (χ0v) is 16.0. The molecule has 1 aromatic heterocycles. The number of nitrogens with zero attached hydrogens (tertiary/aromatic N) is 5. The second-order valence-electron chi connectivity index (χ2n) is 6.59. The zero-order valence-electron chi connectivity index (χ0n) is 16.0. The van der Waals surface area contributed by atoms with Crippen molar-refractivity contribution in [1.29, 1.82) is 0 Å². The summed E-state index contributed by atoms with van der Waals surface area (Å²) in [4.78, 5) is 25.4. The predicted octanol–water partition coefficient (Wildman–Crippen LogP) is 4.17. The van der Waals surface area contributed by atoms with Gasteiger partial charge < -0.3 is 4.90 Å². The number of nitro groups is 1. The average molecular weight is 380 g/mol. The Labute approximate surface area is 161 Å². The summed E-state index contributed by atoms with van der Waals surface area (Å²) in [5.41, 5.74) is 2.58. The summed E-state index contributed by atoms with van der Waals surface area (Å²) in [5.74, 6) is 0. The van der Waals surface area contributed by atoms with Gasteiger partial charge in [-0.15, -0.1) is 10.2 Å². The molecule has 0 amide bonds. The van der Waals surface area contributed by atoms with Gasteiger partial charge in [-0.3, -0.25) is 20.0 Å². The van der Waals surface area contributed by atoms with Gasteiger partial charge >= 0.3 is 0 Å². The van der Waals surface area contributed by atoms with Crippen molar-refractivity contribution in [3.05, 3.63) is 74.2 Å². The van der Waals surface area contributed by atoms with Crippen LogP contribution in [0, 0.1) is 24.0 Å². The minimum absolute atomic E-state index is 0.0949. The Morgan fingerprint density at radius 3 is 2.36 bits per heavy atom. The van der Waals surface area contributed by atoms with Gasteiger partial charge in [0.1, 0.15) is 0 Å². The molecule has 0 saturated carbocycles. The van der Waals surface area contributed by atoms with Crippen molar-refractivity contribution < 1.29 is 4.92 Å². The highest BCUT2D eigenvalue weighted by molar-refractivity contribution is 5.58. The normalized spacial score (nSPS) is 11.1. The SMILES string of the molecule is Cc1ccc(N=Nc2c(C)[nH]n(-c3ccc(N(C)C)cc3)c2=O)c([N+](=O)[O-])c1. The molecule has 1 heterocycles. The number of azo groups is 1. The fourth-order valence-electron chi connectivity index (χ4n) is 2.71. The molecule has 0 fully saturated rings. The van der Waals surface area contributed by atoms with Crippen LogP contribution in [0.15, 0.2) is 57.5 Å². The van der Waals surface area contributed by atoms with E-state index < -0.39 is 4.92 Å². The monoisotopic (exact) mass is 380 g/mol. The van der Waals surface area contributed by atoms with E-state index >= 15 is 0 Å². The molecule has 9 nitrogen and oxygen atoms in total. The van der Waals surface area contributed by atoms with Gasteiger partial charge in [0, 0.05) is 25.8 Å². The molecular weight excluding hydrogens is 360 g/mol. The van der Waals surface area contributed by atoms with E-state index in [2.05, 4.69) is 15.3 Å². The molecule has 28 heavy (non-hydrogen) atoms. The number of anilines is 1. The van der Waals surface area contributed by atoms with Gasteiger partial charge in [-0.1, -0.05) is 6.07 Å². The van der Waals surface area contributed by atoms with E-state index in [0.29, 0.717) is 11.4 Å². The van der Waals surface area contributed by atoms with Gasteiger partial charge in [0.05, 0.1) is 16.3 Å². The third-order valence-electron chi connectivity index (χ3n) is 4.25. The number of aromatic nitrogens is 2. The highest BCUT2D eigenvalue weighted by Crippen LogP contribution is 2.29. The molecule has 2 aromatic carbocycles. The van der Waals surface area contributed by atoms with Crippen molar-refractivity contribution in [1.82, 2.24) is 9.78 Å². The molecule has 0 aliphatic rings. The molecule has 1 N–H and O–H groups in total. The topological polar surface area (TPSA) is 109 Å². The highest BCUT2D eigenvalue weighted by Gasteiger charge is 2.16. The van der Waals surface area contributed by atoms with E-state index in [-0.39, 0.29) is 22.6 Å². The Hall–Kier alpha value is -3.75. The molecule has 3 rings (SSSR count). The Bertz CT molecular complexity index is 1110. The maximum Gasteiger partial charge on any atom is 0.299 e. The van der Waals surface area contributed by atoms with Crippen molar-refractivity contribution in [2.24, 2.45) is 10.2 Å². The number of nitro benzene ring substituents is 1. The molecule has 0 aliphatic heterocycles.